The third-order valence-electron chi connectivity index (χ3n) is 4.37. The number of carbonyl (C=O) groups excluding carboxylic acids is 1. The topological polar surface area (TPSA) is 66.4 Å². The summed E-state index contributed by atoms with van der Waals surface area (Å²) in [4.78, 5) is 22.9. The number of carboxylic acid groups (broad SMARTS) is 1. The van der Waals surface area contributed by atoms with E-state index in [2.05, 4.69) is 24.9 Å². The SMILES string of the molecule is CCCCCCCCCCCCCCC(C(=O)O)C(=O)NCCS. The molecule has 1 unspecified atom stereocenters. The van der Waals surface area contributed by atoms with Crippen molar-refractivity contribution < 1.29 is 14.7 Å². The normalized spacial score (nSPS) is 12.1. The van der Waals surface area contributed by atoms with Gasteiger partial charge in [0.15, 0.2) is 0 Å². The first kappa shape index (κ1) is 23.3. The first-order valence-corrected chi connectivity index (χ1v) is 10.4. The molecule has 0 heterocycles. The molecule has 0 rings (SSSR count). The highest BCUT2D eigenvalue weighted by atomic mass is 32.1. The number of carboxylic acids is 1. The first-order valence-electron chi connectivity index (χ1n) is 9.74. The van der Waals surface area contributed by atoms with E-state index in [9.17, 15) is 9.59 Å². The number of rotatable bonds is 17. The van der Waals surface area contributed by atoms with Crippen LogP contribution in [-0.2, 0) is 9.59 Å². The van der Waals surface area contributed by atoms with Gasteiger partial charge in [0.2, 0.25) is 5.91 Å². The number of thiol groups is 1. The van der Waals surface area contributed by atoms with E-state index >= 15 is 0 Å². The number of carbonyl (C=O) groups is 2. The standard InChI is InChI=1S/C19H37NO3S/c1-2-3-4-5-6-7-8-9-10-11-12-13-14-17(19(22)23)18(21)20-15-16-24/h17,24H,2-16H2,1H3,(H,20,21)(H,22,23). The van der Waals surface area contributed by atoms with E-state index in [4.69, 9.17) is 5.11 Å². The zero-order valence-electron chi connectivity index (χ0n) is 15.4. The minimum Gasteiger partial charge on any atom is -0.481 e. The molecule has 0 aliphatic heterocycles. The highest BCUT2D eigenvalue weighted by Crippen LogP contribution is 2.15. The number of hydrogen-bond donors (Lipinski definition) is 3. The zero-order valence-corrected chi connectivity index (χ0v) is 16.3. The van der Waals surface area contributed by atoms with Crippen molar-refractivity contribution in [1.82, 2.24) is 5.32 Å². The molecule has 0 saturated carbocycles. The fourth-order valence-corrected chi connectivity index (χ4v) is 2.97. The minimum absolute atomic E-state index is 0.375. The number of amides is 1. The van der Waals surface area contributed by atoms with Crippen molar-refractivity contribution in [2.45, 2.75) is 90.4 Å². The van der Waals surface area contributed by atoms with Crippen LogP contribution in [0.25, 0.3) is 0 Å². The summed E-state index contributed by atoms with van der Waals surface area (Å²) in [5, 5.41) is 11.8. The van der Waals surface area contributed by atoms with Gasteiger partial charge in [-0.1, -0.05) is 84.0 Å². The third kappa shape index (κ3) is 13.7. The van der Waals surface area contributed by atoms with Crippen molar-refractivity contribution >= 4 is 24.5 Å². The lowest BCUT2D eigenvalue weighted by Gasteiger charge is -2.12. The van der Waals surface area contributed by atoms with Crippen molar-refractivity contribution in [1.29, 1.82) is 0 Å². The molecular weight excluding hydrogens is 322 g/mol. The van der Waals surface area contributed by atoms with Gasteiger partial charge in [0.1, 0.15) is 5.92 Å². The second-order valence-corrected chi connectivity index (χ2v) is 7.03. The van der Waals surface area contributed by atoms with Crippen LogP contribution in [0.4, 0.5) is 0 Å². The van der Waals surface area contributed by atoms with Crippen LogP contribution in [0.3, 0.4) is 0 Å². The molecule has 0 aromatic rings. The summed E-state index contributed by atoms with van der Waals surface area (Å²) >= 11 is 4.01. The fourth-order valence-electron chi connectivity index (χ4n) is 2.86. The summed E-state index contributed by atoms with van der Waals surface area (Å²) in [6.07, 6.45) is 15.3. The van der Waals surface area contributed by atoms with Crippen LogP contribution in [0.2, 0.25) is 0 Å². The van der Waals surface area contributed by atoms with E-state index in [1.54, 1.807) is 0 Å². The van der Waals surface area contributed by atoms with Crippen molar-refractivity contribution in [3.63, 3.8) is 0 Å². The maximum absolute atomic E-state index is 11.8. The van der Waals surface area contributed by atoms with Gasteiger partial charge in [-0.3, -0.25) is 9.59 Å². The molecule has 0 fully saturated rings. The van der Waals surface area contributed by atoms with Gasteiger partial charge in [0, 0.05) is 12.3 Å². The molecule has 2 N–H and O–H groups in total. The van der Waals surface area contributed by atoms with E-state index in [0.29, 0.717) is 18.7 Å². The molecule has 0 radical (unpaired) electrons. The Labute approximate surface area is 153 Å². The summed E-state index contributed by atoms with van der Waals surface area (Å²) in [5.74, 6) is -1.78. The van der Waals surface area contributed by atoms with E-state index < -0.39 is 11.9 Å². The summed E-state index contributed by atoms with van der Waals surface area (Å²) in [6, 6.07) is 0. The van der Waals surface area contributed by atoms with Gasteiger partial charge in [-0.2, -0.15) is 12.6 Å². The lowest BCUT2D eigenvalue weighted by Crippen LogP contribution is -2.36. The van der Waals surface area contributed by atoms with Crippen LogP contribution in [0.5, 0.6) is 0 Å². The zero-order chi connectivity index (χ0) is 18.0. The van der Waals surface area contributed by atoms with Gasteiger partial charge >= 0.3 is 5.97 Å². The predicted molar refractivity (Wildman–Crippen MR) is 104 cm³/mol. The molecule has 0 saturated heterocycles. The van der Waals surface area contributed by atoms with E-state index in [1.165, 1.54) is 57.8 Å². The summed E-state index contributed by atoms with van der Waals surface area (Å²) < 4.78 is 0. The molecule has 1 atom stereocenters. The molecule has 0 spiro atoms. The monoisotopic (exact) mass is 359 g/mol. The van der Waals surface area contributed by atoms with E-state index in [-0.39, 0.29) is 5.91 Å². The summed E-state index contributed by atoms with van der Waals surface area (Å²) in [6.45, 7) is 2.66. The van der Waals surface area contributed by atoms with Crippen molar-refractivity contribution in [2.75, 3.05) is 12.3 Å². The maximum atomic E-state index is 11.8. The molecule has 24 heavy (non-hydrogen) atoms. The largest absolute Gasteiger partial charge is 0.481 e. The van der Waals surface area contributed by atoms with Gasteiger partial charge < -0.3 is 10.4 Å². The highest BCUT2D eigenvalue weighted by Gasteiger charge is 2.24. The predicted octanol–water partition coefficient (Wildman–Crippen LogP) is 4.82. The Hall–Kier alpha value is -0.710. The van der Waals surface area contributed by atoms with Gasteiger partial charge in [-0.15, -0.1) is 0 Å². The Balaban J connectivity index is 3.52. The van der Waals surface area contributed by atoms with Gasteiger partial charge in [-0.05, 0) is 6.42 Å². The highest BCUT2D eigenvalue weighted by molar-refractivity contribution is 7.80. The van der Waals surface area contributed by atoms with Crippen LogP contribution in [-0.4, -0.2) is 29.3 Å². The molecule has 0 aliphatic carbocycles. The van der Waals surface area contributed by atoms with Crippen molar-refractivity contribution in [2.24, 2.45) is 5.92 Å². The first-order chi connectivity index (χ1) is 11.6. The summed E-state index contributed by atoms with van der Waals surface area (Å²) in [5.41, 5.74) is 0. The molecule has 0 aromatic carbocycles. The average molecular weight is 360 g/mol. The smallest absolute Gasteiger partial charge is 0.316 e. The molecule has 0 bridgehead atoms. The third-order valence-corrected chi connectivity index (χ3v) is 4.60. The maximum Gasteiger partial charge on any atom is 0.316 e. The van der Waals surface area contributed by atoms with E-state index in [1.807, 2.05) is 0 Å². The number of unbranched alkanes of at least 4 members (excludes halogenated alkanes) is 11. The molecule has 5 heteroatoms. The molecule has 0 aliphatic rings. The summed E-state index contributed by atoms with van der Waals surface area (Å²) in [7, 11) is 0. The molecule has 4 nitrogen and oxygen atoms in total. The number of aliphatic carboxylic acids is 1. The fraction of sp³-hybridized carbons (Fsp3) is 0.895. The second kappa shape index (κ2) is 17.1. The average Bonchev–Trinajstić information content (AvgIpc) is 2.56. The Bertz CT molecular complexity index is 324. The van der Waals surface area contributed by atoms with Gasteiger partial charge in [-0.25, -0.2) is 0 Å². The van der Waals surface area contributed by atoms with Crippen molar-refractivity contribution in [3.8, 4) is 0 Å². The molecule has 142 valence electrons. The van der Waals surface area contributed by atoms with Crippen molar-refractivity contribution in [3.05, 3.63) is 0 Å². The Morgan fingerprint density at radius 2 is 1.33 bits per heavy atom. The van der Waals surface area contributed by atoms with Crippen LogP contribution < -0.4 is 5.32 Å². The van der Waals surface area contributed by atoms with Crippen LogP contribution in [0.15, 0.2) is 0 Å². The Morgan fingerprint density at radius 1 is 0.875 bits per heavy atom. The number of nitrogens with one attached hydrogen (secondary N) is 1. The van der Waals surface area contributed by atoms with E-state index in [0.717, 1.165) is 19.3 Å². The van der Waals surface area contributed by atoms with Crippen LogP contribution in [0.1, 0.15) is 90.4 Å². The molecule has 0 aromatic heterocycles. The Morgan fingerprint density at radius 3 is 1.75 bits per heavy atom. The van der Waals surface area contributed by atoms with Crippen LogP contribution >= 0.6 is 12.6 Å². The Kier molecular flexibility index (Phi) is 16.6. The molecule has 1 amide bonds. The quantitative estimate of drug-likeness (QED) is 0.198. The van der Waals surface area contributed by atoms with Crippen LogP contribution in [0, 0.1) is 5.92 Å². The lowest BCUT2D eigenvalue weighted by atomic mass is 9.99. The minimum atomic E-state index is -1.02. The number of hydrogen-bond acceptors (Lipinski definition) is 3. The van der Waals surface area contributed by atoms with Gasteiger partial charge in [0.05, 0.1) is 0 Å². The van der Waals surface area contributed by atoms with Gasteiger partial charge in [0.25, 0.3) is 0 Å². The second-order valence-electron chi connectivity index (χ2n) is 6.58. The lowest BCUT2D eigenvalue weighted by molar-refractivity contribution is -0.147. The molecular formula is C19H37NO3S.